The van der Waals surface area contributed by atoms with Crippen LogP contribution < -0.4 is 5.32 Å². The van der Waals surface area contributed by atoms with Gasteiger partial charge in [-0.25, -0.2) is 4.98 Å². The van der Waals surface area contributed by atoms with Gasteiger partial charge in [-0.15, -0.1) is 0 Å². The Hall–Kier alpha value is -3.44. The van der Waals surface area contributed by atoms with Crippen LogP contribution in [0.4, 0.5) is 0 Å². The van der Waals surface area contributed by atoms with E-state index in [0.717, 1.165) is 53.3 Å². The Morgan fingerprint density at radius 3 is 2.90 bits per heavy atom. The van der Waals surface area contributed by atoms with Crippen molar-refractivity contribution in [1.29, 1.82) is 0 Å². The maximum absolute atomic E-state index is 13.1. The van der Waals surface area contributed by atoms with E-state index in [1.807, 2.05) is 66.4 Å². The molecule has 0 bridgehead atoms. The van der Waals surface area contributed by atoms with E-state index < -0.39 is 0 Å². The summed E-state index contributed by atoms with van der Waals surface area (Å²) >= 11 is 0. The zero-order valence-corrected chi connectivity index (χ0v) is 16.3. The third kappa shape index (κ3) is 3.41. The van der Waals surface area contributed by atoms with Gasteiger partial charge >= 0.3 is 0 Å². The fourth-order valence-electron chi connectivity index (χ4n) is 3.88. The summed E-state index contributed by atoms with van der Waals surface area (Å²) in [6.07, 6.45) is 20.9. The highest BCUT2D eigenvalue weighted by Gasteiger charge is 2.20. The van der Waals surface area contributed by atoms with Crippen molar-refractivity contribution >= 4 is 17.1 Å². The first-order chi connectivity index (χ1) is 14.2. The summed E-state index contributed by atoms with van der Waals surface area (Å²) in [5, 5.41) is 3.33. The van der Waals surface area contributed by atoms with Gasteiger partial charge in [0.2, 0.25) is 0 Å². The molecule has 5 nitrogen and oxygen atoms in total. The lowest BCUT2D eigenvalue weighted by atomic mass is 9.97. The summed E-state index contributed by atoms with van der Waals surface area (Å²) < 4.78 is 2.00. The van der Waals surface area contributed by atoms with Gasteiger partial charge in [-0.05, 0) is 66.5 Å². The van der Waals surface area contributed by atoms with Gasteiger partial charge in [-0.2, -0.15) is 0 Å². The average molecular weight is 382 g/mol. The van der Waals surface area contributed by atoms with Gasteiger partial charge < -0.3 is 9.72 Å². The molecule has 0 radical (unpaired) electrons. The maximum atomic E-state index is 13.1. The van der Waals surface area contributed by atoms with Gasteiger partial charge in [0.05, 0.1) is 5.69 Å². The summed E-state index contributed by atoms with van der Waals surface area (Å²) in [4.78, 5) is 19.3. The largest absolute Gasteiger partial charge is 0.313 e. The predicted molar refractivity (Wildman–Crippen MR) is 115 cm³/mol. The smallest absolute Gasteiger partial charge is 0.255 e. The predicted octanol–water partition coefficient (Wildman–Crippen LogP) is 3.68. The minimum absolute atomic E-state index is 0.0473. The minimum Gasteiger partial charge on any atom is -0.313 e. The van der Waals surface area contributed by atoms with Crippen LogP contribution in [0.3, 0.4) is 0 Å². The first kappa shape index (κ1) is 17.6. The molecule has 3 aliphatic heterocycles. The van der Waals surface area contributed by atoms with Crippen LogP contribution in [0.25, 0.3) is 11.2 Å². The number of carbonyl (C=O) groups is 1. The summed E-state index contributed by atoms with van der Waals surface area (Å²) in [5.41, 5.74) is 7.00. The number of imidazole rings is 1. The Labute approximate surface area is 169 Å². The third-order valence-electron chi connectivity index (χ3n) is 5.38. The number of hydrogen-bond acceptors (Lipinski definition) is 3. The number of amides is 1. The molecule has 1 amide bonds. The van der Waals surface area contributed by atoms with E-state index in [9.17, 15) is 4.79 Å². The van der Waals surface area contributed by atoms with Crippen LogP contribution in [0.2, 0.25) is 0 Å². The molecule has 0 atom stereocenters. The standard InChI is InChI=1S/C24H22N4O/c1-17-14-27-15-20(6-8-23(27)26-17)19-3-2-4-22-7-5-21(16-28(22)24(29)13-19)18-9-11-25-12-10-18/h2-9,13-16,25H,10-12H2,1H3/b3-2+,19-13+,22-4+. The van der Waals surface area contributed by atoms with Crippen molar-refractivity contribution in [3.05, 3.63) is 101 Å². The Bertz CT molecular complexity index is 1190. The second-order valence-corrected chi connectivity index (χ2v) is 7.43. The summed E-state index contributed by atoms with van der Waals surface area (Å²) in [6, 6.07) is 3.99. The van der Waals surface area contributed by atoms with Crippen molar-refractivity contribution < 1.29 is 4.79 Å². The number of fused-ring (bicyclic) bond motifs is 2. The number of carbonyl (C=O) groups excluding carboxylic acids is 1. The first-order valence-electron chi connectivity index (χ1n) is 9.86. The minimum atomic E-state index is -0.0473. The number of nitrogens with one attached hydrogen (secondary N) is 1. The molecule has 144 valence electrons. The molecule has 0 saturated heterocycles. The normalized spacial score (nSPS) is 23.9. The number of allylic oxidation sites excluding steroid dienone is 7. The molecule has 5 heterocycles. The number of aromatic nitrogens is 2. The molecular weight excluding hydrogens is 360 g/mol. The SMILES string of the molecule is Cc1cn2cc(C3=C\C(=O)N4C=C(C5=CCNCC5)C=C\C4=C/C=C/3)ccc2n1. The van der Waals surface area contributed by atoms with Gasteiger partial charge in [0, 0.05) is 36.9 Å². The van der Waals surface area contributed by atoms with Crippen LogP contribution in [0, 0.1) is 6.92 Å². The topological polar surface area (TPSA) is 49.6 Å². The van der Waals surface area contributed by atoms with Gasteiger partial charge in [0.25, 0.3) is 5.91 Å². The molecule has 5 rings (SSSR count). The van der Waals surface area contributed by atoms with E-state index in [-0.39, 0.29) is 5.91 Å². The van der Waals surface area contributed by atoms with Crippen LogP contribution in [0.1, 0.15) is 17.7 Å². The van der Waals surface area contributed by atoms with Crippen LogP contribution in [-0.4, -0.2) is 33.3 Å². The van der Waals surface area contributed by atoms with Gasteiger partial charge in [0.15, 0.2) is 0 Å². The van der Waals surface area contributed by atoms with Crippen molar-refractivity contribution in [2.75, 3.05) is 13.1 Å². The average Bonchev–Trinajstić information content (AvgIpc) is 3.11. The summed E-state index contributed by atoms with van der Waals surface area (Å²) in [6.45, 7) is 3.82. The number of rotatable bonds is 2. The fraction of sp³-hybridized carbons (Fsp3) is 0.167. The Morgan fingerprint density at radius 2 is 2.03 bits per heavy atom. The van der Waals surface area contributed by atoms with E-state index in [1.165, 1.54) is 5.57 Å². The Balaban J connectivity index is 1.51. The van der Waals surface area contributed by atoms with Gasteiger partial charge in [0.1, 0.15) is 5.65 Å². The molecule has 3 aliphatic rings. The number of pyridine rings is 1. The molecule has 0 aliphatic carbocycles. The zero-order valence-electron chi connectivity index (χ0n) is 16.3. The fourth-order valence-corrected chi connectivity index (χ4v) is 3.88. The molecule has 1 N–H and O–H groups in total. The maximum Gasteiger partial charge on any atom is 0.255 e. The molecule has 2 aromatic rings. The zero-order chi connectivity index (χ0) is 19.8. The lowest BCUT2D eigenvalue weighted by Gasteiger charge is -2.26. The molecular formula is C24H22N4O. The Kier molecular flexibility index (Phi) is 4.37. The molecule has 0 fully saturated rings. The summed E-state index contributed by atoms with van der Waals surface area (Å²) in [7, 11) is 0. The molecule has 2 aromatic heterocycles. The van der Waals surface area contributed by atoms with Crippen molar-refractivity contribution in [2.24, 2.45) is 0 Å². The third-order valence-corrected chi connectivity index (χ3v) is 5.38. The summed E-state index contributed by atoms with van der Waals surface area (Å²) in [5.74, 6) is -0.0473. The number of hydrogen-bond donors (Lipinski definition) is 1. The second-order valence-electron chi connectivity index (χ2n) is 7.43. The number of aryl methyl sites for hydroxylation is 1. The monoisotopic (exact) mass is 382 g/mol. The quantitative estimate of drug-likeness (QED) is 0.862. The first-order valence-corrected chi connectivity index (χ1v) is 9.86. The van der Waals surface area contributed by atoms with Crippen molar-refractivity contribution in [1.82, 2.24) is 19.6 Å². The highest BCUT2D eigenvalue weighted by molar-refractivity contribution is 6.00. The lowest BCUT2D eigenvalue weighted by Crippen LogP contribution is -2.27. The van der Waals surface area contributed by atoms with E-state index in [2.05, 4.69) is 22.5 Å². The van der Waals surface area contributed by atoms with Crippen LogP contribution in [-0.2, 0) is 4.79 Å². The van der Waals surface area contributed by atoms with Crippen molar-refractivity contribution in [3.8, 4) is 0 Å². The molecule has 0 unspecified atom stereocenters. The van der Waals surface area contributed by atoms with Crippen LogP contribution in [0.5, 0.6) is 0 Å². The molecule has 0 saturated carbocycles. The van der Waals surface area contributed by atoms with E-state index in [1.54, 1.807) is 11.0 Å². The van der Waals surface area contributed by atoms with Gasteiger partial charge in [-0.3, -0.25) is 9.69 Å². The second kappa shape index (κ2) is 7.18. The van der Waals surface area contributed by atoms with Crippen molar-refractivity contribution in [2.45, 2.75) is 13.3 Å². The number of nitrogens with zero attached hydrogens (tertiary/aromatic N) is 3. The van der Waals surface area contributed by atoms with Gasteiger partial charge in [-0.1, -0.05) is 24.3 Å². The lowest BCUT2D eigenvalue weighted by molar-refractivity contribution is -0.122. The molecule has 0 aromatic carbocycles. The van der Waals surface area contributed by atoms with Crippen LogP contribution >= 0.6 is 0 Å². The molecule has 0 spiro atoms. The highest BCUT2D eigenvalue weighted by Crippen LogP contribution is 2.27. The van der Waals surface area contributed by atoms with Crippen LogP contribution in [0.15, 0.2) is 90.1 Å². The van der Waals surface area contributed by atoms with Crippen molar-refractivity contribution in [3.63, 3.8) is 0 Å². The molecule has 29 heavy (non-hydrogen) atoms. The van der Waals surface area contributed by atoms with E-state index >= 15 is 0 Å². The highest BCUT2D eigenvalue weighted by atomic mass is 16.2. The van der Waals surface area contributed by atoms with E-state index in [0.29, 0.717) is 0 Å². The molecule has 5 heteroatoms. The Morgan fingerprint density at radius 1 is 1.10 bits per heavy atom. The van der Waals surface area contributed by atoms with E-state index in [4.69, 9.17) is 0 Å².